The highest BCUT2D eigenvalue weighted by molar-refractivity contribution is 6.24. The summed E-state index contributed by atoms with van der Waals surface area (Å²) in [5.41, 5.74) is 1.76. The lowest BCUT2D eigenvalue weighted by atomic mass is 9.84. The SMILES string of the molecule is O=C(Nc1ccc(C2CCCCC2)cc1)C1=C(O)C(C2CCOCC2)NC1=O. The van der Waals surface area contributed by atoms with Crippen molar-refractivity contribution >= 4 is 17.5 Å². The van der Waals surface area contributed by atoms with Crippen LogP contribution < -0.4 is 10.6 Å². The molecule has 1 atom stereocenters. The van der Waals surface area contributed by atoms with Gasteiger partial charge in [-0.15, -0.1) is 0 Å². The summed E-state index contributed by atoms with van der Waals surface area (Å²) in [6, 6.07) is 7.37. The van der Waals surface area contributed by atoms with Gasteiger partial charge < -0.3 is 20.5 Å². The van der Waals surface area contributed by atoms with Crippen LogP contribution in [-0.4, -0.2) is 36.2 Å². The summed E-state index contributed by atoms with van der Waals surface area (Å²) in [5.74, 6) is -0.516. The summed E-state index contributed by atoms with van der Waals surface area (Å²) in [6.07, 6.45) is 7.83. The van der Waals surface area contributed by atoms with Crippen LogP contribution in [0.5, 0.6) is 0 Å². The van der Waals surface area contributed by atoms with Gasteiger partial charge in [0.2, 0.25) is 0 Å². The summed E-state index contributed by atoms with van der Waals surface area (Å²) in [7, 11) is 0. The van der Waals surface area contributed by atoms with Crippen LogP contribution in [0.25, 0.3) is 0 Å². The highest BCUT2D eigenvalue weighted by atomic mass is 16.5. The minimum Gasteiger partial charge on any atom is -0.509 e. The topological polar surface area (TPSA) is 87.7 Å². The number of benzene rings is 1. The highest BCUT2D eigenvalue weighted by Gasteiger charge is 2.40. The van der Waals surface area contributed by atoms with Crippen molar-refractivity contribution in [2.75, 3.05) is 18.5 Å². The van der Waals surface area contributed by atoms with E-state index in [1.54, 1.807) is 0 Å². The van der Waals surface area contributed by atoms with Gasteiger partial charge in [-0.3, -0.25) is 9.59 Å². The third-order valence-corrected chi connectivity index (χ3v) is 6.27. The number of hydrogen-bond donors (Lipinski definition) is 3. The average molecular weight is 384 g/mol. The Morgan fingerprint density at radius 2 is 1.71 bits per heavy atom. The van der Waals surface area contributed by atoms with Crippen molar-refractivity contribution in [3.05, 3.63) is 41.2 Å². The summed E-state index contributed by atoms with van der Waals surface area (Å²) in [4.78, 5) is 24.9. The van der Waals surface area contributed by atoms with Gasteiger partial charge in [0, 0.05) is 18.9 Å². The standard InChI is InChI=1S/C22H28N2O4/c25-20-18(22(27)24-19(20)16-10-12-28-13-11-16)21(26)23-17-8-6-15(7-9-17)14-4-2-1-3-5-14/h6-9,14,16,19,25H,1-5,10-13H2,(H,23,26)(H,24,27). The lowest BCUT2D eigenvalue weighted by Gasteiger charge is -2.27. The second kappa shape index (κ2) is 8.35. The highest BCUT2D eigenvalue weighted by Crippen LogP contribution is 2.33. The first kappa shape index (κ1) is 19.0. The van der Waals surface area contributed by atoms with E-state index in [4.69, 9.17) is 4.74 Å². The average Bonchev–Trinajstić information content (AvgIpc) is 3.04. The Balaban J connectivity index is 1.43. The van der Waals surface area contributed by atoms with Crippen molar-refractivity contribution in [1.82, 2.24) is 5.32 Å². The predicted molar refractivity (Wildman–Crippen MR) is 106 cm³/mol. The minimum atomic E-state index is -0.560. The first-order valence-electron chi connectivity index (χ1n) is 10.4. The predicted octanol–water partition coefficient (Wildman–Crippen LogP) is 3.41. The number of carbonyl (C=O) groups is 2. The van der Waals surface area contributed by atoms with Gasteiger partial charge in [0.25, 0.3) is 11.8 Å². The Labute approximate surface area is 165 Å². The molecule has 0 bridgehead atoms. The van der Waals surface area contributed by atoms with E-state index in [0.29, 0.717) is 24.8 Å². The second-order valence-electron chi connectivity index (χ2n) is 8.07. The summed E-state index contributed by atoms with van der Waals surface area (Å²) in [5, 5.41) is 16.0. The summed E-state index contributed by atoms with van der Waals surface area (Å²) >= 11 is 0. The molecule has 0 aromatic heterocycles. The molecule has 4 rings (SSSR count). The summed E-state index contributed by atoms with van der Waals surface area (Å²) < 4.78 is 5.34. The van der Waals surface area contributed by atoms with Gasteiger partial charge >= 0.3 is 0 Å². The Morgan fingerprint density at radius 1 is 1.04 bits per heavy atom. The molecule has 2 fully saturated rings. The third kappa shape index (κ3) is 3.92. The molecule has 1 saturated heterocycles. The zero-order chi connectivity index (χ0) is 19.5. The van der Waals surface area contributed by atoms with E-state index in [1.807, 2.05) is 12.1 Å². The minimum absolute atomic E-state index is 0.0952. The molecule has 3 aliphatic rings. The number of ether oxygens (including phenoxy) is 1. The maximum Gasteiger partial charge on any atom is 0.264 e. The van der Waals surface area contributed by atoms with E-state index in [-0.39, 0.29) is 17.3 Å². The first-order valence-corrected chi connectivity index (χ1v) is 10.4. The van der Waals surface area contributed by atoms with Gasteiger partial charge in [0.15, 0.2) is 0 Å². The largest absolute Gasteiger partial charge is 0.509 e. The molecule has 0 radical (unpaired) electrons. The van der Waals surface area contributed by atoms with E-state index in [2.05, 4.69) is 22.8 Å². The number of aliphatic hydroxyl groups excluding tert-OH is 1. The summed E-state index contributed by atoms with van der Waals surface area (Å²) in [6.45, 7) is 1.22. The quantitative estimate of drug-likeness (QED) is 0.694. The number of carbonyl (C=O) groups excluding carboxylic acids is 2. The van der Waals surface area contributed by atoms with Crippen molar-refractivity contribution < 1.29 is 19.4 Å². The normalized spacial score (nSPS) is 24.3. The fourth-order valence-corrected chi connectivity index (χ4v) is 4.63. The molecule has 2 amide bonds. The Morgan fingerprint density at radius 3 is 2.39 bits per heavy atom. The monoisotopic (exact) mass is 384 g/mol. The van der Waals surface area contributed by atoms with Crippen LogP contribution in [0, 0.1) is 5.92 Å². The van der Waals surface area contributed by atoms with E-state index in [0.717, 1.165) is 12.8 Å². The Hall–Kier alpha value is -2.34. The number of nitrogens with one attached hydrogen (secondary N) is 2. The van der Waals surface area contributed by atoms with Gasteiger partial charge in [-0.05, 0) is 55.2 Å². The molecule has 2 heterocycles. The fourth-order valence-electron chi connectivity index (χ4n) is 4.63. The molecule has 2 aliphatic heterocycles. The molecule has 1 unspecified atom stereocenters. The van der Waals surface area contributed by atoms with Gasteiger partial charge in [0.05, 0.1) is 6.04 Å². The molecule has 1 aromatic carbocycles. The molecule has 6 nitrogen and oxygen atoms in total. The molecule has 6 heteroatoms. The van der Waals surface area contributed by atoms with Gasteiger partial charge in [-0.2, -0.15) is 0 Å². The van der Waals surface area contributed by atoms with Gasteiger partial charge in [-0.25, -0.2) is 0 Å². The molecule has 0 spiro atoms. The van der Waals surface area contributed by atoms with E-state index < -0.39 is 17.9 Å². The molecular weight excluding hydrogens is 356 g/mol. The van der Waals surface area contributed by atoms with Crippen molar-refractivity contribution in [2.24, 2.45) is 5.92 Å². The number of rotatable bonds is 4. The first-order chi connectivity index (χ1) is 13.6. The van der Waals surface area contributed by atoms with Crippen LogP contribution >= 0.6 is 0 Å². The Bertz CT molecular complexity index is 759. The van der Waals surface area contributed by atoms with Gasteiger partial charge in [-0.1, -0.05) is 31.4 Å². The molecule has 28 heavy (non-hydrogen) atoms. The van der Waals surface area contributed by atoms with Crippen molar-refractivity contribution in [2.45, 2.75) is 56.9 Å². The molecule has 1 aliphatic carbocycles. The lowest BCUT2D eigenvalue weighted by Crippen LogP contribution is -2.38. The fraction of sp³-hybridized carbons (Fsp3) is 0.545. The van der Waals surface area contributed by atoms with Crippen LogP contribution in [0.1, 0.15) is 56.4 Å². The van der Waals surface area contributed by atoms with Crippen molar-refractivity contribution in [3.63, 3.8) is 0 Å². The molecule has 1 saturated carbocycles. The zero-order valence-electron chi connectivity index (χ0n) is 16.1. The molecule has 3 N–H and O–H groups in total. The number of aliphatic hydroxyl groups is 1. The number of anilines is 1. The van der Waals surface area contributed by atoms with Crippen LogP contribution in [0.4, 0.5) is 5.69 Å². The third-order valence-electron chi connectivity index (χ3n) is 6.27. The van der Waals surface area contributed by atoms with Crippen LogP contribution in [0.15, 0.2) is 35.6 Å². The molecule has 1 aromatic rings. The molecule has 150 valence electrons. The van der Waals surface area contributed by atoms with Crippen molar-refractivity contribution in [1.29, 1.82) is 0 Å². The molecular formula is C22H28N2O4. The maximum absolute atomic E-state index is 12.6. The van der Waals surface area contributed by atoms with E-state index in [1.165, 1.54) is 37.7 Å². The Kier molecular flexibility index (Phi) is 5.67. The zero-order valence-corrected chi connectivity index (χ0v) is 16.1. The lowest BCUT2D eigenvalue weighted by molar-refractivity contribution is -0.121. The van der Waals surface area contributed by atoms with E-state index in [9.17, 15) is 14.7 Å². The van der Waals surface area contributed by atoms with Crippen LogP contribution in [0.3, 0.4) is 0 Å². The number of amides is 2. The second-order valence-corrected chi connectivity index (χ2v) is 8.07. The van der Waals surface area contributed by atoms with E-state index >= 15 is 0 Å². The van der Waals surface area contributed by atoms with Gasteiger partial charge in [0.1, 0.15) is 11.3 Å². The smallest absolute Gasteiger partial charge is 0.264 e. The maximum atomic E-state index is 12.6. The van der Waals surface area contributed by atoms with Crippen LogP contribution in [-0.2, 0) is 14.3 Å². The number of hydrogen-bond acceptors (Lipinski definition) is 4. The van der Waals surface area contributed by atoms with Crippen LogP contribution in [0.2, 0.25) is 0 Å². The van der Waals surface area contributed by atoms with Crippen molar-refractivity contribution in [3.8, 4) is 0 Å².